The van der Waals surface area contributed by atoms with Crippen LogP contribution in [-0.4, -0.2) is 9.55 Å². The number of benzene rings is 1. The second-order valence-electron chi connectivity index (χ2n) is 6.63. The van der Waals surface area contributed by atoms with Crippen molar-refractivity contribution in [1.82, 2.24) is 9.55 Å². The standard InChI is InChI=1S/C20H20N2/c1-4-20(2,3)18-13-21-19-16-11-6-5-9-14(16)15-10-7-8-12-17(15)22(18)19/h4-8,10-14H,1,9H2,2-3H3. The fraction of sp³-hybridized carbons (Fsp3) is 0.250. The van der Waals surface area contributed by atoms with E-state index in [1.807, 2.05) is 12.3 Å². The van der Waals surface area contributed by atoms with Crippen molar-refractivity contribution in [3.8, 4) is 5.69 Å². The molecule has 1 atom stereocenters. The van der Waals surface area contributed by atoms with Gasteiger partial charge in [-0.3, -0.25) is 4.57 Å². The summed E-state index contributed by atoms with van der Waals surface area (Å²) in [6.07, 6.45) is 11.7. The SMILES string of the molecule is C=CC(C)(C)c1cnc2n1-c1ccccc1C1CC=CC=C21. The number of allylic oxidation sites excluding steroid dienone is 5. The Bertz CT molecular complexity index is 818. The normalized spacial score (nSPS) is 19.0. The second kappa shape index (κ2) is 4.57. The first kappa shape index (κ1) is 13.3. The Balaban J connectivity index is 2.06. The topological polar surface area (TPSA) is 17.8 Å². The summed E-state index contributed by atoms with van der Waals surface area (Å²) in [6, 6.07) is 8.70. The highest BCUT2D eigenvalue weighted by Gasteiger charge is 2.34. The van der Waals surface area contributed by atoms with Gasteiger partial charge in [0, 0.05) is 16.9 Å². The van der Waals surface area contributed by atoms with Gasteiger partial charge < -0.3 is 0 Å². The fourth-order valence-electron chi connectivity index (χ4n) is 3.50. The van der Waals surface area contributed by atoms with E-state index in [1.165, 1.54) is 22.5 Å². The summed E-state index contributed by atoms with van der Waals surface area (Å²) < 4.78 is 2.32. The van der Waals surface area contributed by atoms with Gasteiger partial charge >= 0.3 is 0 Å². The number of rotatable bonds is 2. The molecule has 4 rings (SSSR count). The lowest BCUT2D eigenvalue weighted by Crippen LogP contribution is -2.24. The van der Waals surface area contributed by atoms with Crippen LogP contribution in [0.4, 0.5) is 0 Å². The quantitative estimate of drug-likeness (QED) is 0.727. The van der Waals surface area contributed by atoms with Crippen LogP contribution in [-0.2, 0) is 5.41 Å². The molecule has 1 aliphatic heterocycles. The number of hydrogen-bond acceptors (Lipinski definition) is 1. The molecule has 22 heavy (non-hydrogen) atoms. The predicted octanol–water partition coefficient (Wildman–Crippen LogP) is 4.78. The molecule has 2 heteroatoms. The summed E-state index contributed by atoms with van der Waals surface area (Å²) in [6.45, 7) is 8.39. The van der Waals surface area contributed by atoms with Gasteiger partial charge in [0.05, 0.1) is 17.6 Å². The van der Waals surface area contributed by atoms with Crippen molar-refractivity contribution in [2.75, 3.05) is 0 Å². The van der Waals surface area contributed by atoms with E-state index in [0.29, 0.717) is 5.92 Å². The summed E-state index contributed by atoms with van der Waals surface area (Å²) in [4.78, 5) is 4.77. The summed E-state index contributed by atoms with van der Waals surface area (Å²) in [7, 11) is 0. The number of imidazole rings is 1. The van der Waals surface area contributed by atoms with Crippen molar-refractivity contribution in [2.45, 2.75) is 31.6 Å². The Hall–Kier alpha value is -2.35. The van der Waals surface area contributed by atoms with Gasteiger partial charge in [-0.25, -0.2) is 4.98 Å². The van der Waals surface area contributed by atoms with Crippen LogP contribution in [0.3, 0.4) is 0 Å². The molecule has 0 spiro atoms. The predicted molar refractivity (Wildman–Crippen MR) is 91.3 cm³/mol. The number of hydrogen-bond donors (Lipinski definition) is 0. The van der Waals surface area contributed by atoms with E-state index in [9.17, 15) is 0 Å². The van der Waals surface area contributed by atoms with Crippen molar-refractivity contribution in [2.24, 2.45) is 0 Å². The minimum Gasteiger partial charge on any atom is -0.296 e. The zero-order valence-corrected chi connectivity index (χ0v) is 13.1. The van der Waals surface area contributed by atoms with Gasteiger partial charge in [-0.15, -0.1) is 6.58 Å². The monoisotopic (exact) mass is 288 g/mol. The average molecular weight is 288 g/mol. The van der Waals surface area contributed by atoms with E-state index >= 15 is 0 Å². The Morgan fingerprint density at radius 3 is 2.95 bits per heavy atom. The van der Waals surface area contributed by atoms with Crippen LogP contribution in [0.15, 0.2) is 61.3 Å². The molecule has 0 saturated carbocycles. The molecule has 1 aliphatic carbocycles. The van der Waals surface area contributed by atoms with Crippen LogP contribution < -0.4 is 0 Å². The number of fused-ring (bicyclic) bond motifs is 6. The minimum atomic E-state index is -0.115. The van der Waals surface area contributed by atoms with Crippen molar-refractivity contribution >= 4 is 5.57 Å². The summed E-state index contributed by atoms with van der Waals surface area (Å²) in [5.74, 6) is 1.51. The maximum absolute atomic E-state index is 4.77. The third kappa shape index (κ3) is 1.70. The van der Waals surface area contributed by atoms with Gasteiger partial charge in [-0.1, -0.05) is 56.4 Å². The van der Waals surface area contributed by atoms with E-state index in [1.54, 1.807) is 0 Å². The van der Waals surface area contributed by atoms with E-state index in [0.717, 1.165) is 12.2 Å². The molecule has 0 radical (unpaired) electrons. The van der Waals surface area contributed by atoms with E-state index in [-0.39, 0.29) is 5.41 Å². The average Bonchev–Trinajstić information content (AvgIpc) is 3.01. The van der Waals surface area contributed by atoms with Crippen LogP contribution in [0.5, 0.6) is 0 Å². The summed E-state index contributed by atoms with van der Waals surface area (Å²) in [5.41, 5.74) is 5.06. The van der Waals surface area contributed by atoms with Crippen molar-refractivity contribution in [3.05, 3.63) is 78.4 Å². The number of aromatic nitrogens is 2. The third-order valence-corrected chi connectivity index (χ3v) is 4.90. The Labute approximate surface area is 131 Å². The molecule has 0 bridgehead atoms. The number of para-hydroxylation sites is 1. The first-order valence-electron chi connectivity index (χ1n) is 7.81. The zero-order chi connectivity index (χ0) is 15.3. The highest BCUT2D eigenvalue weighted by atomic mass is 15.1. The summed E-state index contributed by atoms with van der Waals surface area (Å²) in [5, 5.41) is 0. The van der Waals surface area contributed by atoms with Crippen molar-refractivity contribution in [3.63, 3.8) is 0 Å². The van der Waals surface area contributed by atoms with Gasteiger partial charge in [-0.2, -0.15) is 0 Å². The smallest absolute Gasteiger partial charge is 0.141 e. The molecular weight excluding hydrogens is 268 g/mol. The molecule has 1 unspecified atom stereocenters. The van der Waals surface area contributed by atoms with E-state index < -0.39 is 0 Å². The van der Waals surface area contributed by atoms with E-state index in [4.69, 9.17) is 4.98 Å². The van der Waals surface area contributed by atoms with Gasteiger partial charge in [0.25, 0.3) is 0 Å². The van der Waals surface area contributed by atoms with Gasteiger partial charge in [0.15, 0.2) is 0 Å². The second-order valence-corrected chi connectivity index (χ2v) is 6.63. The molecule has 2 heterocycles. The van der Waals surface area contributed by atoms with Crippen LogP contribution in [0, 0.1) is 0 Å². The first-order chi connectivity index (χ1) is 10.6. The minimum absolute atomic E-state index is 0.115. The molecule has 0 amide bonds. The lowest BCUT2D eigenvalue weighted by Gasteiger charge is -2.33. The van der Waals surface area contributed by atoms with Gasteiger partial charge in [0.1, 0.15) is 5.82 Å². The van der Waals surface area contributed by atoms with Gasteiger partial charge in [0.2, 0.25) is 0 Å². The van der Waals surface area contributed by atoms with Crippen LogP contribution >= 0.6 is 0 Å². The molecule has 1 aromatic carbocycles. The largest absolute Gasteiger partial charge is 0.296 e. The van der Waals surface area contributed by atoms with Crippen molar-refractivity contribution < 1.29 is 0 Å². The molecule has 2 aliphatic rings. The molecule has 110 valence electrons. The van der Waals surface area contributed by atoms with Crippen LogP contribution in [0.25, 0.3) is 11.3 Å². The Kier molecular flexibility index (Phi) is 2.77. The van der Waals surface area contributed by atoms with Crippen LogP contribution in [0.2, 0.25) is 0 Å². The highest BCUT2D eigenvalue weighted by molar-refractivity contribution is 5.77. The van der Waals surface area contributed by atoms with Crippen LogP contribution in [0.1, 0.15) is 43.3 Å². The van der Waals surface area contributed by atoms with Gasteiger partial charge in [-0.05, 0) is 18.1 Å². The Morgan fingerprint density at radius 2 is 2.14 bits per heavy atom. The molecular formula is C20H20N2. The fourth-order valence-corrected chi connectivity index (χ4v) is 3.50. The molecule has 2 nitrogen and oxygen atoms in total. The highest BCUT2D eigenvalue weighted by Crippen LogP contribution is 2.46. The third-order valence-electron chi connectivity index (χ3n) is 4.90. The lowest BCUT2D eigenvalue weighted by molar-refractivity contribution is 0.620. The zero-order valence-electron chi connectivity index (χ0n) is 13.1. The summed E-state index contributed by atoms with van der Waals surface area (Å²) >= 11 is 0. The molecule has 1 aromatic heterocycles. The lowest BCUT2D eigenvalue weighted by atomic mass is 9.81. The molecule has 0 fully saturated rings. The first-order valence-corrected chi connectivity index (χ1v) is 7.81. The van der Waals surface area contributed by atoms with E-state index in [2.05, 4.69) is 67.5 Å². The molecule has 0 N–H and O–H groups in total. The maximum atomic E-state index is 4.77. The van der Waals surface area contributed by atoms with Crippen molar-refractivity contribution in [1.29, 1.82) is 0 Å². The molecule has 2 aromatic rings. The number of nitrogens with zero attached hydrogens (tertiary/aromatic N) is 2. The Morgan fingerprint density at radius 1 is 1.32 bits per heavy atom. The molecule has 0 saturated heterocycles. The maximum Gasteiger partial charge on any atom is 0.141 e.